The number of pyridine rings is 1. The average Bonchev–Trinajstić information content (AvgIpc) is 2.35. The van der Waals surface area contributed by atoms with Crippen molar-refractivity contribution in [1.82, 2.24) is 4.98 Å². The molecule has 0 aliphatic rings. The van der Waals surface area contributed by atoms with Gasteiger partial charge in [-0.3, -0.25) is 4.98 Å². The number of nitrogens with zero attached hydrogens (tertiary/aromatic N) is 1. The van der Waals surface area contributed by atoms with Crippen LogP contribution in [-0.4, -0.2) is 4.98 Å². The molecule has 0 atom stereocenters. The van der Waals surface area contributed by atoms with Crippen LogP contribution in [0.1, 0.15) is 38.2 Å². The molecule has 1 nitrogen and oxygen atoms in total. The summed E-state index contributed by atoms with van der Waals surface area (Å²) in [4.78, 5) is 4.42. The number of benzene rings is 1. The second-order valence-electron chi connectivity index (χ2n) is 4.23. The third kappa shape index (κ3) is 2.60. The van der Waals surface area contributed by atoms with Gasteiger partial charge in [-0.1, -0.05) is 44.4 Å². The maximum Gasteiger partial charge on any atom is 0.0734 e. The van der Waals surface area contributed by atoms with Crippen LogP contribution in [0.5, 0.6) is 0 Å². The van der Waals surface area contributed by atoms with Gasteiger partial charge in [0, 0.05) is 17.6 Å². The van der Waals surface area contributed by atoms with Gasteiger partial charge < -0.3 is 0 Å². The van der Waals surface area contributed by atoms with Gasteiger partial charge in [0.15, 0.2) is 0 Å². The molecule has 0 aliphatic heterocycles. The van der Waals surface area contributed by atoms with Gasteiger partial charge in [-0.05, 0) is 24.5 Å². The van der Waals surface area contributed by atoms with Crippen LogP contribution in [-0.2, 0) is 6.42 Å². The van der Waals surface area contributed by atoms with E-state index in [1.54, 1.807) is 6.20 Å². The van der Waals surface area contributed by atoms with Crippen molar-refractivity contribution >= 4 is 10.9 Å². The molecular weight excluding hydrogens is 194 g/mol. The van der Waals surface area contributed by atoms with E-state index in [0.717, 1.165) is 11.9 Å². The fraction of sp³-hybridized carbons (Fsp3) is 0.400. The summed E-state index contributed by atoms with van der Waals surface area (Å²) in [5.74, 6) is 0. The van der Waals surface area contributed by atoms with Crippen molar-refractivity contribution < 1.29 is 0 Å². The van der Waals surface area contributed by atoms with E-state index >= 15 is 0 Å². The Bertz CT molecular complexity index is 443. The smallest absolute Gasteiger partial charge is 0.0734 e. The molecule has 0 N–H and O–H groups in total. The van der Waals surface area contributed by atoms with Gasteiger partial charge in [-0.2, -0.15) is 0 Å². The lowest BCUT2D eigenvalue weighted by molar-refractivity contribution is 0.668. The molecule has 0 aliphatic carbocycles. The van der Waals surface area contributed by atoms with E-state index in [-0.39, 0.29) is 0 Å². The Morgan fingerprint density at radius 3 is 3.00 bits per heavy atom. The highest BCUT2D eigenvalue weighted by Gasteiger charge is 2.00. The monoisotopic (exact) mass is 212 g/mol. The summed E-state index contributed by atoms with van der Waals surface area (Å²) < 4.78 is 0. The average molecular weight is 212 g/mol. The quantitative estimate of drug-likeness (QED) is 0.678. The van der Waals surface area contributed by atoms with Crippen molar-refractivity contribution in [1.29, 1.82) is 0 Å². The molecule has 1 aromatic heterocycles. The Morgan fingerprint density at radius 2 is 2.12 bits per heavy atom. The molecule has 0 bridgehead atoms. The number of para-hydroxylation sites is 1. The van der Waals surface area contributed by atoms with Gasteiger partial charge in [0.1, 0.15) is 0 Å². The molecule has 0 saturated carbocycles. The molecule has 0 unspecified atom stereocenters. The van der Waals surface area contributed by atoms with Gasteiger partial charge in [-0.15, -0.1) is 0 Å². The number of hydrogen-bond donors (Lipinski definition) is 0. The Hall–Kier alpha value is -1.37. The first-order valence-corrected chi connectivity index (χ1v) is 6.15. The SMILES string of the molecule is CCCCCCc1cccc2c[c]cnc12. The summed E-state index contributed by atoms with van der Waals surface area (Å²) in [7, 11) is 0. The largest absolute Gasteiger partial charge is 0.255 e. The Kier molecular flexibility index (Phi) is 3.92. The number of aromatic nitrogens is 1. The van der Waals surface area contributed by atoms with Crippen LogP contribution in [0.4, 0.5) is 0 Å². The van der Waals surface area contributed by atoms with Gasteiger partial charge in [-0.25, -0.2) is 0 Å². The summed E-state index contributed by atoms with van der Waals surface area (Å²) >= 11 is 0. The molecule has 16 heavy (non-hydrogen) atoms. The summed E-state index contributed by atoms with van der Waals surface area (Å²) in [5.41, 5.74) is 2.53. The van der Waals surface area contributed by atoms with Crippen LogP contribution in [0.15, 0.2) is 30.5 Å². The molecule has 1 aromatic carbocycles. The van der Waals surface area contributed by atoms with Crippen LogP contribution in [0.25, 0.3) is 10.9 Å². The first-order valence-electron chi connectivity index (χ1n) is 6.15. The summed E-state index contributed by atoms with van der Waals surface area (Å²) in [5, 5.41) is 1.20. The van der Waals surface area contributed by atoms with Crippen molar-refractivity contribution in [3.63, 3.8) is 0 Å². The van der Waals surface area contributed by atoms with Crippen LogP contribution in [0.3, 0.4) is 0 Å². The van der Waals surface area contributed by atoms with E-state index in [4.69, 9.17) is 0 Å². The zero-order valence-electron chi connectivity index (χ0n) is 9.87. The third-order valence-electron chi connectivity index (χ3n) is 2.96. The zero-order chi connectivity index (χ0) is 11.2. The number of aryl methyl sites for hydroxylation is 1. The second-order valence-corrected chi connectivity index (χ2v) is 4.23. The minimum Gasteiger partial charge on any atom is -0.255 e. The molecule has 2 aromatic rings. The van der Waals surface area contributed by atoms with Crippen molar-refractivity contribution in [3.05, 3.63) is 42.1 Å². The summed E-state index contributed by atoms with van der Waals surface area (Å²) in [6.07, 6.45) is 8.14. The van der Waals surface area contributed by atoms with Crippen molar-refractivity contribution in [2.45, 2.75) is 39.0 Å². The summed E-state index contributed by atoms with van der Waals surface area (Å²) in [6, 6.07) is 11.5. The zero-order valence-corrected chi connectivity index (χ0v) is 9.87. The first-order chi connectivity index (χ1) is 7.92. The molecule has 2 rings (SSSR count). The number of fused-ring (bicyclic) bond motifs is 1. The van der Waals surface area contributed by atoms with Crippen LogP contribution >= 0.6 is 0 Å². The lowest BCUT2D eigenvalue weighted by Gasteiger charge is -2.04. The van der Waals surface area contributed by atoms with E-state index in [1.807, 2.05) is 6.07 Å². The minimum atomic E-state index is 1.15. The maximum absolute atomic E-state index is 4.42. The van der Waals surface area contributed by atoms with Gasteiger partial charge in [0.25, 0.3) is 0 Å². The molecule has 0 saturated heterocycles. The van der Waals surface area contributed by atoms with E-state index < -0.39 is 0 Å². The summed E-state index contributed by atoms with van der Waals surface area (Å²) in [6.45, 7) is 2.25. The number of rotatable bonds is 5. The van der Waals surface area contributed by atoms with Gasteiger partial charge in [0.2, 0.25) is 0 Å². The lowest BCUT2D eigenvalue weighted by Crippen LogP contribution is -1.90. The standard InChI is InChI=1S/C15H18N/c1-2-3-4-5-8-13-9-6-10-14-11-7-12-16-15(13)14/h6,9-12H,2-5,8H2,1H3. The Morgan fingerprint density at radius 1 is 1.19 bits per heavy atom. The molecule has 0 amide bonds. The van der Waals surface area contributed by atoms with Crippen molar-refractivity contribution in [2.75, 3.05) is 0 Å². The number of hydrogen-bond acceptors (Lipinski definition) is 1. The van der Waals surface area contributed by atoms with E-state index in [0.29, 0.717) is 0 Å². The van der Waals surface area contributed by atoms with Crippen molar-refractivity contribution in [2.24, 2.45) is 0 Å². The molecule has 1 heteroatoms. The van der Waals surface area contributed by atoms with E-state index in [2.05, 4.69) is 36.2 Å². The lowest BCUT2D eigenvalue weighted by atomic mass is 10.0. The maximum atomic E-state index is 4.42. The fourth-order valence-corrected chi connectivity index (χ4v) is 2.06. The minimum absolute atomic E-state index is 1.15. The molecule has 83 valence electrons. The molecular formula is C15H18N. The molecule has 1 radical (unpaired) electrons. The van der Waals surface area contributed by atoms with E-state index in [1.165, 1.54) is 36.6 Å². The topological polar surface area (TPSA) is 12.9 Å². The van der Waals surface area contributed by atoms with Gasteiger partial charge in [0.05, 0.1) is 5.52 Å². The number of unbranched alkanes of at least 4 members (excludes halogenated alkanes) is 3. The Balaban J connectivity index is 2.11. The highest BCUT2D eigenvalue weighted by atomic mass is 14.6. The van der Waals surface area contributed by atoms with E-state index in [9.17, 15) is 0 Å². The highest BCUT2D eigenvalue weighted by Crippen LogP contribution is 2.18. The molecule has 1 heterocycles. The van der Waals surface area contributed by atoms with Crippen LogP contribution in [0.2, 0.25) is 0 Å². The Labute approximate surface area is 97.5 Å². The van der Waals surface area contributed by atoms with Gasteiger partial charge >= 0.3 is 0 Å². The predicted octanol–water partition coefficient (Wildman–Crippen LogP) is 4.16. The molecule has 0 fully saturated rings. The van der Waals surface area contributed by atoms with Crippen molar-refractivity contribution in [3.8, 4) is 0 Å². The van der Waals surface area contributed by atoms with Crippen LogP contribution < -0.4 is 0 Å². The highest BCUT2D eigenvalue weighted by molar-refractivity contribution is 5.81. The predicted molar refractivity (Wildman–Crippen MR) is 68.4 cm³/mol. The molecule has 0 spiro atoms. The fourth-order valence-electron chi connectivity index (χ4n) is 2.06. The first kappa shape index (κ1) is 11.1. The third-order valence-corrected chi connectivity index (χ3v) is 2.96. The normalized spacial score (nSPS) is 10.8. The second kappa shape index (κ2) is 5.64. The van der Waals surface area contributed by atoms with Crippen LogP contribution in [0, 0.1) is 6.07 Å².